The SMILES string of the molecule is CCc1ccc(C(=O)CCC(=O)NC2CC2)cc1. The van der Waals surface area contributed by atoms with E-state index in [-0.39, 0.29) is 11.7 Å². The molecule has 2 rings (SSSR count). The summed E-state index contributed by atoms with van der Waals surface area (Å²) in [6.45, 7) is 2.08. The Morgan fingerprint density at radius 2 is 1.83 bits per heavy atom. The topological polar surface area (TPSA) is 46.2 Å². The van der Waals surface area contributed by atoms with Gasteiger partial charge < -0.3 is 5.32 Å². The third kappa shape index (κ3) is 3.69. The fraction of sp³-hybridized carbons (Fsp3) is 0.467. The smallest absolute Gasteiger partial charge is 0.220 e. The predicted molar refractivity (Wildman–Crippen MR) is 70.5 cm³/mol. The van der Waals surface area contributed by atoms with Gasteiger partial charge in [0.05, 0.1) is 0 Å². The molecule has 0 bridgehead atoms. The number of hydrogen-bond donors (Lipinski definition) is 1. The summed E-state index contributed by atoms with van der Waals surface area (Å²) < 4.78 is 0. The molecule has 0 atom stereocenters. The Labute approximate surface area is 108 Å². The molecule has 1 aliphatic rings. The summed E-state index contributed by atoms with van der Waals surface area (Å²) >= 11 is 0. The molecule has 0 radical (unpaired) electrons. The van der Waals surface area contributed by atoms with Gasteiger partial charge in [0, 0.05) is 24.4 Å². The molecule has 1 aromatic rings. The molecule has 96 valence electrons. The van der Waals surface area contributed by atoms with Gasteiger partial charge >= 0.3 is 0 Å². The molecular weight excluding hydrogens is 226 g/mol. The van der Waals surface area contributed by atoms with Crippen LogP contribution in [0.1, 0.15) is 48.5 Å². The highest BCUT2D eigenvalue weighted by atomic mass is 16.2. The normalized spacial score (nSPS) is 14.3. The second kappa shape index (κ2) is 5.80. The number of Topliss-reactive ketones (excluding diaryl/α,β-unsaturated/α-hetero) is 1. The van der Waals surface area contributed by atoms with Gasteiger partial charge in [0.1, 0.15) is 0 Å². The third-order valence-corrected chi connectivity index (χ3v) is 3.21. The molecule has 18 heavy (non-hydrogen) atoms. The Bertz CT molecular complexity index is 432. The minimum Gasteiger partial charge on any atom is -0.353 e. The summed E-state index contributed by atoms with van der Waals surface area (Å²) in [6.07, 6.45) is 3.73. The van der Waals surface area contributed by atoms with E-state index in [1.54, 1.807) is 0 Å². The van der Waals surface area contributed by atoms with E-state index in [0.29, 0.717) is 24.4 Å². The van der Waals surface area contributed by atoms with Gasteiger partial charge in [-0.2, -0.15) is 0 Å². The highest BCUT2D eigenvalue weighted by Crippen LogP contribution is 2.18. The van der Waals surface area contributed by atoms with Crippen LogP contribution in [0, 0.1) is 0 Å². The number of rotatable bonds is 6. The molecule has 0 heterocycles. The van der Waals surface area contributed by atoms with Crippen LogP contribution in [0.15, 0.2) is 24.3 Å². The van der Waals surface area contributed by atoms with Crippen molar-refractivity contribution < 1.29 is 9.59 Å². The number of aryl methyl sites for hydroxylation is 1. The van der Waals surface area contributed by atoms with Gasteiger partial charge in [0.25, 0.3) is 0 Å². The van der Waals surface area contributed by atoms with Crippen LogP contribution in [-0.2, 0) is 11.2 Å². The molecule has 1 N–H and O–H groups in total. The number of nitrogens with one attached hydrogen (secondary N) is 1. The highest BCUT2D eigenvalue weighted by Gasteiger charge is 2.23. The molecule has 0 unspecified atom stereocenters. The van der Waals surface area contributed by atoms with Crippen LogP contribution in [0.3, 0.4) is 0 Å². The maximum Gasteiger partial charge on any atom is 0.220 e. The van der Waals surface area contributed by atoms with E-state index < -0.39 is 0 Å². The Hall–Kier alpha value is -1.64. The highest BCUT2D eigenvalue weighted by molar-refractivity contribution is 5.98. The van der Waals surface area contributed by atoms with Gasteiger partial charge in [0.2, 0.25) is 5.91 Å². The zero-order valence-electron chi connectivity index (χ0n) is 10.7. The molecule has 1 aromatic carbocycles. The molecule has 0 saturated heterocycles. The maximum atomic E-state index is 11.9. The first kappa shape index (κ1) is 12.8. The van der Waals surface area contributed by atoms with E-state index in [1.165, 1.54) is 5.56 Å². The van der Waals surface area contributed by atoms with E-state index in [1.807, 2.05) is 24.3 Å². The van der Waals surface area contributed by atoms with Crippen molar-refractivity contribution in [2.45, 2.75) is 45.1 Å². The zero-order valence-corrected chi connectivity index (χ0v) is 10.7. The average Bonchev–Trinajstić information content (AvgIpc) is 3.20. The largest absolute Gasteiger partial charge is 0.353 e. The van der Waals surface area contributed by atoms with E-state index in [0.717, 1.165) is 19.3 Å². The summed E-state index contributed by atoms with van der Waals surface area (Å²) in [4.78, 5) is 23.3. The van der Waals surface area contributed by atoms with Crippen molar-refractivity contribution in [3.8, 4) is 0 Å². The number of ketones is 1. The van der Waals surface area contributed by atoms with Crippen molar-refractivity contribution >= 4 is 11.7 Å². The summed E-state index contributed by atoms with van der Waals surface area (Å²) in [5, 5.41) is 2.89. The maximum absolute atomic E-state index is 11.9. The average molecular weight is 245 g/mol. The molecule has 1 aliphatic carbocycles. The lowest BCUT2D eigenvalue weighted by molar-refractivity contribution is -0.121. The molecule has 1 saturated carbocycles. The fourth-order valence-electron chi connectivity index (χ4n) is 1.83. The first-order chi connectivity index (χ1) is 8.69. The summed E-state index contributed by atoms with van der Waals surface area (Å²) in [7, 11) is 0. The number of carbonyl (C=O) groups excluding carboxylic acids is 2. The third-order valence-electron chi connectivity index (χ3n) is 3.21. The Kier molecular flexibility index (Phi) is 4.13. The van der Waals surface area contributed by atoms with E-state index in [2.05, 4.69) is 12.2 Å². The number of carbonyl (C=O) groups is 2. The second-order valence-electron chi connectivity index (χ2n) is 4.82. The van der Waals surface area contributed by atoms with Crippen LogP contribution in [0.25, 0.3) is 0 Å². The monoisotopic (exact) mass is 245 g/mol. The number of benzene rings is 1. The van der Waals surface area contributed by atoms with Crippen LogP contribution >= 0.6 is 0 Å². The second-order valence-corrected chi connectivity index (χ2v) is 4.82. The van der Waals surface area contributed by atoms with Gasteiger partial charge in [-0.1, -0.05) is 31.2 Å². The van der Waals surface area contributed by atoms with Crippen LogP contribution in [0.4, 0.5) is 0 Å². The molecular formula is C15H19NO2. The molecule has 1 amide bonds. The van der Waals surface area contributed by atoms with Gasteiger partial charge in [0.15, 0.2) is 5.78 Å². The molecule has 1 fully saturated rings. The molecule has 0 spiro atoms. The van der Waals surface area contributed by atoms with Gasteiger partial charge in [-0.25, -0.2) is 0 Å². The predicted octanol–water partition coefficient (Wildman–Crippen LogP) is 2.49. The minimum absolute atomic E-state index is 0.00368. The molecule has 3 nitrogen and oxygen atoms in total. The Balaban J connectivity index is 1.80. The van der Waals surface area contributed by atoms with Crippen LogP contribution in [-0.4, -0.2) is 17.7 Å². The molecule has 0 aliphatic heterocycles. The fourth-order valence-corrected chi connectivity index (χ4v) is 1.83. The van der Waals surface area contributed by atoms with Crippen molar-refractivity contribution in [3.05, 3.63) is 35.4 Å². The van der Waals surface area contributed by atoms with E-state index >= 15 is 0 Å². The van der Waals surface area contributed by atoms with Crippen molar-refractivity contribution in [1.29, 1.82) is 0 Å². The van der Waals surface area contributed by atoms with Crippen molar-refractivity contribution in [2.24, 2.45) is 0 Å². The molecule has 0 aromatic heterocycles. The standard InChI is InChI=1S/C15H19NO2/c1-2-11-3-5-12(6-4-11)14(17)9-10-15(18)16-13-7-8-13/h3-6,13H,2,7-10H2,1H3,(H,16,18). The summed E-state index contributed by atoms with van der Waals surface area (Å²) in [5.41, 5.74) is 1.92. The zero-order chi connectivity index (χ0) is 13.0. The lowest BCUT2D eigenvalue weighted by atomic mass is 10.0. The summed E-state index contributed by atoms with van der Waals surface area (Å²) in [5.74, 6) is 0.0413. The quantitative estimate of drug-likeness (QED) is 0.783. The van der Waals surface area contributed by atoms with Gasteiger partial charge in [-0.3, -0.25) is 9.59 Å². The van der Waals surface area contributed by atoms with Crippen LogP contribution < -0.4 is 5.32 Å². The van der Waals surface area contributed by atoms with E-state index in [9.17, 15) is 9.59 Å². The van der Waals surface area contributed by atoms with Crippen molar-refractivity contribution in [3.63, 3.8) is 0 Å². The van der Waals surface area contributed by atoms with Gasteiger partial charge in [-0.15, -0.1) is 0 Å². The number of hydrogen-bond acceptors (Lipinski definition) is 2. The lowest BCUT2D eigenvalue weighted by Crippen LogP contribution is -2.25. The Morgan fingerprint density at radius 3 is 2.39 bits per heavy atom. The van der Waals surface area contributed by atoms with Crippen molar-refractivity contribution in [1.82, 2.24) is 5.32 Å². The van der Waals surface area contributed by atoms with Crippen LogP contribution in [0.5, 0.6) is 0 Å². The summed E-state index contributed by atoms with van der Waals surface area (Å²) in [6, 6.07) is 8.01. The van der Waals surface area contributed by atoms with E-state index in [4.69, 9.17) is 0 Å². The first-order valence-corrected chi connectivity index (χ1v) is 6.60. The van der Waals surface area contributed by atoms with Gasteiger partial charge in [-0.05, 0) is 24.8 Å². The number of amides is 1. The molecule has 3 heteroatoms. The lowest BCUT2D eigenvalue weighted by Gasteiger charge is -2.04. The van der Waals surface area contributed by atoms with Crippen molar-refractivity contribution in [2.75, 3.05) is 0 Å². The Morgan fingerprint density at radius 1 is 1.17 bits per heavy atom. The minimum atomic E-state index is -0.00368. The van der Waals surface area contributed by atoms with Crippen LogP contribution in [0.2, 0.25) is 0 Å². The first-order valence-electron chi connectivity index (χ1n) is 6.60.